The summed E-state index contributed by atoms with van der Waals surface area (Å²) >= 11 is 0. The van der Waals surface area contributed by atoms with E-state index in [1.165, 1.54) is 12.1 Å². The van der Waals surface area contributed by atoms with Crippen molar-refractivity contribution in [2.45, 2.75) is 32.4 Å². The third-order valence-corrected chi connectivity index (χ3v) is 4.08. The molecule has 4 nitrogen and oxygen atoms in total. The van der Waals surface area contributed by atoms with Crippen LogP contribution < -0.4 is 4.90 Å². The monoisotopic (exact) mass is 305 g/mol. The van der Waals surface area contributed by atoms with Gasteiger partial charge in [0.05, 0.1) is 12.1 Å². The van der Waals surface area contributed by atoms with E-state index in [9.17, 15) is 13.9 Å². The number of halogens is 2. The Balaban J connectivity index is 1.98. The van der Waals surface area contributed by atoms with Crippen molar-refractivity contribution in [2.24, 2.45) is 0 Å². The van der Waals surface area contributed by atoms with Crippen molar-refractivity contribution < 1.29 is 13.9 Å². The van der Waals surface area contributed by atoms with Gasteiger partial charge in [0.15, 0.2) is 11.6 Å². The Hall–Kier alpha value is -2.08. The maximum atomic E-state index is 13.5. The SMILES string of the molecule is Cc1cnc(N2CC(O)CC2c2ccc(F)c(F)c2)nc1C. The van der Waals surface area contributed by atoms with Gasteiger partial charge in [-0.15, -0.1) is 0 Å². The summed E-state index contributed by atoms with van der Waals surface area (Å²) in [7, 11) is 0. The fourth-order valence-corrected chi connectivity index (χ4v) is 2.72. The van der Waals surface area contributed by atoms with Gasteiger partial charge in [0.1, 0.15) is 0 Å². The van der Waals surface area contributed by atoms with Gasteiger partial charge in [-0.2, -0.15) is 0 Å². The first-order valence-electron chi connectivity index (χ1n) is 7.15. The van der Waals surface area contributed by atoms with Crippen LogP contribution in [0.2, 0.25) is 0 Å². The predicted molar refractivity (Wildman–Crippen MR) is 78.6 cm³/mol. The van der Waals surface area contributed by atoms with Crippen LogP contribution in [0.4, 0.5) is 14.7 Å². The van der Waals surface area contributed by atoms with Gasteiger partial charge < -0.3 is 10.0 Å². The highest BCUT2D eigenvalue weighted by Gasteiger charge is 2.34. The lowest BCUT2D eigenvalue weighted by Gasteiger charge is -2.25. The van der Waals surface area contributed by atoms with E-state index in [2.05, 4.69) is 9.97 Å². The Kier molecular flexibility index (Phi) is 3.78. The summed E-state index contributed by atoms with van der Waals surface area (Å²) in [4.78, 5) is 10.6. The Bertz CT molecular complexity index is 648. The number of hydrogen-bond donors (Lipinski definition) is 1. The maximum absolute atomic E-state index is 13.5. The highest BCUT2D eigenvalue weighted by Crippen LogP contribution is 2.35. The summed E-state index contributed by atoms with van der Waals surface area (Å²) in [6.07, 6.45) is 1.61. The molecule has 1 N–H and O–H groups in total. The van der Waals surface area contributed by atoms with Gasteiger partial charge in [-0.05, 0) is 43.5 Å². The fraction of sp³-hybridized carbons (Fsp3) is 0.375. The number of benzene rings is 1. The molecule has 1 saturated heterocycles. The second-order valence-electron chi connectivity index (χ2n) is 5.67. The molecule has 0 radical (unpaired) electrons. The van der Waals surface area contributed by atoms with Crippen LogP contribution in [-0.4, -0.2) is 27.7 Å². The first-order valence-corrected chi connectivity index (χ1v) is 7.15. The minimum Gasteiger partial charge on any atom is -0.391 e. The normalized spacial score (nSPS) is 21.4. The second kappa shape index (κ2) is 5.61. The average molecular weight is 305 g/mol. The molecule has 22 heavy (non-hydrogen) atoms. The standard InChI is InChI=1S/C16H17F2N3O/c1-9-7-19-16(20-10(9)2)21-8-12(22)6-15(21)11-3-4-13(17)14(18)5-11/h3-5,7,12,15,22H,6,8H2,1-2H3. The molecule has 2 aromatic rings. The van der Waals surface area contributed by atoms with E-state index >= 15 is 0 Å². The summed E-state index contributed by atoms with van der Waals surface area (Å²) in [5, 5.41) is 9.98. The van der Waals surface area contributed by atoms with Gasteiger partial charge in [-0.3, -0.25) is 0 Å². The minimum atomic E-state index is -0.889. The zero-order valence-electron chi connectivity index (χ0n) is 12.4. The maximum Gasteiger partial charge on any atom is 0.226 e. The lowest BCUT2D eigenvalue weighted by atomic mass is 10.0. The lowest BCUT2D eigenvalue weighted by Crippen LogP contribution is -2.26. The first-order chi connectivity index (χ1) is 10.5. The van der Waals surface area contributed by atoms with E-state index in [4.69, 9.17) is 0 Å². The van der Waals surface area contributed by atoms with Crippen molar-refractivity contribution in [1.82, 2.24) is 9.97 Å². The number of rotatable bonds is 2. The van der Waals surface area contributed by atoms with Crippen LogP contribution in [0, 0.1) is 25.5 Å². The molecule has 1 fully saturated rings. The van der Waals surface area contributed by atoms with Gasteiger partial charge in [-0.1, -0.05) is 6.07 Å². The lowest BCUT2D eigenvalue weighted by molar-refractivity contribution is 0.194. The highest BCUT2D eigenvalue weighted by molar-refractivity contribution is 5.40. The van der Waals surface area contributed by atoms with Crippen LogP contribution in [0.5, 0.6) is 0 Å². The number of aryl methyl sites for hydroxylation is 2. The van der Waals surface area contributed by atoms with E-state index in [1.807, 2.05) is 18.7 Å². The third kappa shape index (κ3) is 2.66. The third-order valence-electron chi connectivity index (χ3n) is 4.08. The first kappa shape index (κ1) is 14.8. The van der Waals surface area contributed by atoms with E-state index in [-0.39, 0.29) is 6.04 Å². The molecule has 1 aromatic heterocycles. The van der Waals surface area contributed by atoms with E-state index in [0.717, 1.165) is 17.3 Å². The van der Waals surface area contributed by atoms with Crippen molar-refractivity contribution in [2.75, 3.05) is 11.4 Å². The molecule has 2 heterocycles. The number of nitrogens with zero attached hydrogens (tertiary/aromatic N) is 3. The molecule has 0 spiro atoms. The molecule has 0 saturated carbocycles. The molecule has 6 heteroatoms. The van der Waals surface area contributed by atoms with Gasteiger partial charge in [0.25, 0.3) is 0 Å². The zero-order chi connectivity index (χ0) is 15.9. The molecule has 116 valence electrons. The summed E-state index contributed by atoms with van der Waals surface area (Å²) in [5.41, 5.74) is 2.44. The molecule has 1 aliphatic heterocycles. The summed E-state index contributed by atoms with van der Waals surface area (Å²) in [6, 6.07) is 3.54. The van der Waals surface area contributed by atoms with Crippen LogP contribution in [0.15, 0.2) is 24.4 Å². The van der Waals surface area contributed by atoms with Gasteiger partial charge in [-0.25, -0.2) is 18.7 Å². The Morgan fingerprint density at radius 2 is 2.00 bits per heavy atom. The molecule has 3 rings (SSSR count). The van der Waals surface area contributed by atoms with Gasteiger partial charge in [0.2, 0.25) is 5.95 Å². The summed E-state index contributed by atoms with van der Waals surface area (Å²) in [6.45, 7) is 4.18. The van der Waals surface area contributed by atoms with Crippen LogP contribution in [0.3, 0.4) is 0 Å². The number of aromatic nitrogens is 2. The number of β-amino-alcohol motifs (C(OH)–C–C–N with tert-alkyl or cyclic N) is 1. The second-order valence-corrected chi connectivity index (χ2v) is 5.67. The molecular formula is C16H17F2N3O. The van der Waals surface area contributed by atoms with Crippen molar-refractivity contribution in [1.29, 1.82) is 0 Å². The van der Waals surface area contributed by atoms with Crippen LogP contribution >= 0.6 is 0 Å². The molecule has 0 aliphatic carbocycles. The number of anilines is 1. The highest BCUT2D eigenvalue weighted by atomic mass is 19.2. The summed E-state index contributed by atoms with van der Waals surface area (Å²) < 4.78 is 26.6. The molecular weight excluding hydrogens is 288 g/mol. The molecule has 0 bridgehead atoms. The van der Waals surface area contributed by atoms with Crippen molar-refractivity contribution >= 4 is 5.95 Å². The fourth-order valence-electron chi connectivity index (χ4n) is 2.72. The quantitative estimate of drug-likeness (QED) is 0.927. The van der Waals surface area contributed by atoms with E-state index < -0.39 is 17.7 Å². The molecule has 0 amide bonds. The number of aliphatic hydroxyl groups is 1. The number of aliphatic hydroxyl groups excluding tert-OH is 1. The van der Waals surface area contributed by atoms with Crippen LogP contribution in [0.25, 0.3) is 0 Å². The molecule has 1 aromatic carbocycles. The van der Waals surface area contributed by atoms with E-state index in [1.54, 1.807) is 6.20 Å². The topological polar surface area (TPSA) is 49.2 Å². The molecule has 1 aliphatic rings. The van der Waals surface area contributed by atoms with Crippen molar-refractivity contribution in [3.05, 3.63) is 52.9 Å². The Labute approximate surface area is 127 Å². The minimum absolute atomic E-state index is 0.271. The zero-order valence-corrected chi connectivity index (χ0v) is 12.4. The Morgan fingerprint density at radius 3 is 2.68 bits per heavy atom. The van der Waals surface area contributed by atoms with Gasteiger partial charge >= 0.3 is 0 Å². The van der Waals surface area contributed by atoms with Gasteiger partial charge in [0, 0.05) is 18.4 Å². The van der Waals surface area contributed by atoms with Crippen molar-refractivity contribution in [3.63, 3.8) is 0 Å². The summed E-state index contributed by atoms with van der Waals surface area (Å²) in [5.74, 6) is -1.27. The largest absolute Gasteiger partial charge is 0.391 e. The van der Waals surface area contributed by atoms with Crippen molar-refractivity contribution in [3.8, 4) is 0 Å². The smallest absolute Gasteiger partial charge is 0.226 e. The Morgan fingerprint density at radius 1 is 1.23 bits per heavy atom. The van der Waals surface area contributed by atoms with Crippen LogP contribution in [0.1, 0.15) is 29.3 Å². The molecule has 2 atom stereocenters. The number of hydrogen-bond acceptors (Lipinski definition) is 4. The average Bonchev–Trinajstić information content (AvgIpc) is 2.87. The van der Waals surface area contributed by atoms with Crippen LogP contribution in [-0.2, 0) is 0 Å². The molecule has 2 unspecified atom stereocenters. The predicted octanol–water partition coefficient (Wildman–Crippen LogP) is 2.68. The van der Waals surface area contributed by atoms with E-state index in [0.29, 0.717) is 24.5 Å².